The van der Waals surface area contributed by atoms with Crippen LogP contribution >= 0.6 is 0 Å². The molecule has 0 amide bonds. The molecule has 0 unspecified atom stereocenters. The van der Waals surface area contributed by atoms with Crippen molar-refractivity contribution in [1.29, 1.82) is 0 Å². The summed E-state index contributed by atoms with van der Waals surface area (Å²) < 4.78 is 0. The fourth-order valence-electron chi connectivity index (χ4n) is 1.28. The van der Waals surface area contributed by atoms with Crippen LogP contribution in [-0.2, 0) is 0 Å². The second-order valence-corrected chi connectivity index (χ2v) is 3.25. The lowest BCUT2D eigenvalue weighted by atomic mass is 10.2. The van der Waals surface area contributed by atoms with E-state index in [0.717, 1.165) is 13.1 Å². The van der Waals surface area contributed by atoms with Gasteiger partial charge in [-0.15, -0.1) is 0 Å². The Labute approximate surface area is 62.8 Å². The topological polar surface area (TPSA) is 34.1 Å². The van der Waals surface area contributed by atoms with E-state index in [1.54, 1.807) is 0 Å². The van der Waals surface area contributed by atoms with Gasteiger partial charge in [0.2, 0.25) is 0 Å². The normalized spacial score (nSPS) is 24.0. The van der Waals surface area contributed by atoms with Crippen LogP contribution in [0.5, 0.6) is 0 Å². The van der Waals surface area contributed by atoms with E-state index < -0.39 is 0 Å². The summed E-state index contributed by atoms with van der Waals surface area (Å²) >= 11 is 0. The molecule has 0 aromatic carbocycles. The molecule has 0 aromatic heterocycles. The third kappa shape index (κ3) is 1.94. The Morgan fingerprint density at radius 2 is 1.60 bits per heavy atom. The number of nitrogens with zero attached hydrogens (tertiary/aromatic N) is 2. The van der Waals surface area contributed by atoms with Crippen molar-refractivity contribution >= 4 is 0 Å². The maximum Gasteiger partial charge on any atom is 0.0601 e. The Morgan fingerprint density at radius 3 is 2.00 bits per heavy atom. The lowest BCUT2D eigenvalue weighted by Crippen LogP contribution is -2.72. The maximum absolute atomic E-state index is 3.90. The molecule has 0 radical (unpaired) electrons. The highest BCUT2D eigenvalue weighted by molar-refractivity contribution is 4.69. The highest BCUT2D eigenvalue weighted by Crippen LogP contribution is 2.01. The highest BCUT2D eigenvalue weighted by atomic mass is 15.4. The van der Waals surface area contributed by atoms with Crippen LogP contribution in [0.4, 0.5) is 0 Å². The monoisotopic (exact) mass is 144 g/mol. The van der Waals surface area contributed by atoms with Crippen molar-refractivity contribution < 1.29 is 5.84 Å². The van der Waals surface area contributed by atoms with Gasteiger partial charge in [-0.2, -0.15) is 5.01 Å². The van der Waals surface area contributed by atoms with Crippen LogP contribution in [-0.4, -0.2) is 42.1 Å². The molecule has 1 saturated heterocycles. The van der Waals surface area contributed by atoms with E-state index in [4.69, 9.17) is 0 Å². The van der Waals surface area contributed by atoms with Crippen molar-refractivity contribution in [3.8, 4) is 0 Å². The first-order chi connectivity index (χ1) is 4.70. The summed E-state index contributed by atoms with van der Waals surface area (Å²) in [7, 11) is 0. The van der Waals surface area contributed by atoms with Crippen LogP contribution in [0.15, 0.2) is 0 Å². The summed E-state index contributed by atoms with van der Waals surface area (Å²) in [5.74, 6) is 3.90. The zero-order valence-electron chi connectivity index (χ0n) is 7.01. The minimum absolute atomic E-state index is 0.703. The van der Waals surface area contributed by atoms with Crippen molar-refractivity contribution in [3.05, 3.63) is 0 Å². The molecule has 0 spiro atoms. The summed E-state index contributed by atoms with van der Waals surface area (Å²) in [4.78, 5) is 2.49. The molecule has 0 saturated carbocycles. The molecule has 3 heteroatoms. The molecule has 1 aliphatic heterocycles. The number of quaternary nitrogens is 1. The van der Waals surface area contributed by atoms with E-state index in [9.17, 15) is 0 Å². The fraction of sp³-hybridized carbons (Fsp3) is 1.00. The number of hydrogen-bond donors (Lipinski definition) is 1. The van der Waals surface area contributed by atoms with E-state index in [0.29, 0.717) is 6.04 Å². The van der Waals surface area contributed by atoms with Crippen LogP contribution < -0.4 is 5.84 Å². The lowest BCUT2D eigenvalue weighted by molar-refractivity contribution is -0.578. The van der Waals surface area contributed by atoms with Crippen molar-refractivity contribution in [3.63, 3.8) is 0 Å². The summed E-state index contributed by atoms with van der Waals surface area (Å²) in [6.45, 7) is 9.11. The van der Waals surface area contributed by atoms with Crippen molar-refractivity contribution in [2.75, 3.05) is 26.2 Å². The first-order valence-corrected chi connectivity index (χ1v) is 3.99. The van der Waals surface area contributed by atoms with Gasteiger partial charge in [0.1, 0.15) is 0 Å². The van der Waals surface area contributed by atoms with E-state index in [-0.39, 0.29) is 0 Å². The van der Waals surface area contributed by atoms with Crippen LogP contribution in [0.25, 0.3) is 0 Å². The second kappa shape index (κ2) is 3.32. The zero-order valence-corrected chi connectivity index (χ0v) is 7.01. The predicted octanol–water partition coefficient (Wildman–Crippen LogP) is -0.831. The molecule has 60 valence electrons. The summed E-state index contributed by atoms with van der Waals surface area (Å²) in [5.41, 5.74) is 0. The molecule has 0 aromatic rings. The summed E-state index contributed by atoms with van der Waals surface area (Å²) in [6.07, 6.45) is 0. The molecule has 3 nitrogen and oxygen atoms in total. The van der Waals surface area contributed by atoms with E-state index in [1.807, 2.05) is 0 Å². The maximum atomic E-state index is 3.90. The first-order valence-electron chi connectivity index (χ1n) is 3.99. The van der Waals surface area contributed by atoms with Gasteiger partial charge in [0.05, 0.1) is 13.1 Å². The summed E-state index contributed by atoms with van der Waals surface area (Å²) in [5, 5.41) is 2.14. The van der Waals surface area contributed by atoms with Crippen LogP contribution in [0.2, 0.25) is 0 Å². The highest BCUT2D eigenvalue weighted by Gasteiger charge is 2.17. The van der Waals surface area contributed by atoms with Crippen molar-refractivity contribution in [2.24, 2.45) is 0 Å². The van der Waals surface area contributed by atoms with Gasteiger partial charge in [0.25, 0.3) is 0 Å². The molecule has 10 heavy (non-hydrogen) atoms. The average Bonchev–Trinajstić information content (AvgIpc) is 1.88. The zero-order chi connectivity index (χ0) is 7.56. The van der Waals surface area contributed by atoms with Gasteiger partial charge in [-0.3, -0.25) is 10.7 Å². The Kier molecular flexibility index (Phi) is 2.65. The number of piperazine rings is 1. The molecule has 1 rings (SSSR count). The van der Waals surface area contributed by atoms with E-state index in [2.05, 4.69) is 29.6 Å². The number of hydrogen-bond acceptors (Lipinski definition) is 2. The van der Waals surface area contributed by atoms with Gasteiger partial charge in [0, 0.05) is 19.1 Å². The molecule has 1 heterocycles. The Balaban J connectivity index is 2.26. The van der Waals surface area contributed by atoms with Gasteiger partial charge in [0.15, 0.2) is 0 Å². The molecular weight excluding hydrogens is 126 g/mol. The fourth-order valence-corrected chi connectivity index (χ4v) is 1.28. The van der Waals surface area contributed by atoms with Gasteiger partial charge < -0.3 is 0 Å². The molecule has 3 N–H and O–H groups in total. The third-order valence-electron chi connectivity index (χ3n) is 2.14. The Bertz CT molecular complexity index is 95.0. The van der Waals surface area contributed by atoms with Crippen molar-refractivity contribution in [1.82, 2.24) is 9.91 Å². The Morgan fingerprint density at radius 1 is 1.10 bits per heavy atom. The van der Waals surface area contributed by atoms with Crippen LogP contribution in [0.3, 0.4) is 0 Å². The predicted molar refractivity (Wildman–Crippen MR) is 41.2 cm³/mol. The van der Waals surface area contributed by atoms with Gasteiger partial charge >= 0.3 is 0 Å². The van der Waals surface area contributed by atoms with E-state index in [1.165, 1.54) is 13.1 Å². The van der Waals surface area contributed by atoms with Crippen molar-refractivity contribution in [2.45, 2.75) is 19.9 Å². The van der Waals surface area contributed by atoms with Crippen LogP contribution in [0.1, 0.15) is 13.8 Å². The average molecular weight is 144 g/mol. The quantitative estimate of drug-likeness (QED) is 0.521. The van der Waals surface area contributed by atoms with Gasteiger partial charge in [-0.05, 0) is 13.8 Å². The van der Waals surface area contributed by atoms with Crippen LogP contribution in [0, 0.1) is 0 Å². The molecular formula is C7H18N3+. The molecule has 0 bridgehead atoms. The Hall–Kier alpha value is -0.120. The molecule has 1 fully saturated rings. The second-order valence-electron chi connectivity index (χ2n) is 3.25. The SMILES string of the molecule is CC(C)N1CCN([NH3+])CC1. The lowest BCUT2D eigenvalue weighted by Gasteiger charge is -2.32. The first kappa shape index (κ1) is 7.98. The smallest absolute Gasteiger partial charge is 0.0601 e. The molecule has 0 aliphatic carbocycles. The number of rotatable bonds is 1. The molecule has 1 aliphatic rings. The minimum Gasteiger partial charge on any atom is -0.298 e. The standard InChI is InChI=1S/C7H17N3/c1-7(2)9-3-5-10(8)6-4-9/h7H,3-6,8H2,1-2H3/p+1. The van der Waals surface area contributed by atoms with Gasteiger partial charge in [-0.25, -0.2) is 0 Å². The van der Waals surface area contributed by atoms with Gasteiger partial charge in [-0.1, -0.05) is 0 Å². The van der Waals surface area contributed by atoms with E-state index >= 15 is 0 Å². The molecule has 0 atom stereocenters. The summed E-state index contributed by atoms with van der Waals surface area (Å²) in [6, 6.07) is 0.703. The third-order valence-corrected chi connectivity index (χ3v) is 2.14. The minimum atomic E-state index is 0.703. The largest absolute Gasteiger partial charge is 0.298 e.